The molecule has 0 fully saturated rings. The SMILES string of the molecule is [C-]#[N+]Cn1nnc2ccc(OC)cc21. The van der Waals surface area contributed by atoms with E-state index < -0.39 is 0 Å². The van der Waals surface area contributed by atoms with E-state index in [1.807, 2.05) is 18.2 Å². The lowest BCUT2D eigenvalue weighted by atomic mass is 10.3. The van der Waals surface area contributed by atoms with E-state index in [2.05, 4.69) is 15.2 Å². The van der Waals surface area contributed by atoms with Gasteiger partial charge in [0.25, 0.3) is 0 Å². The summed E-state index contributed by atoms with van der Waals surface area (Å²) in [6.45, 7) is 6.94. The van der Waals surface area contributed by atoms with Crippen LogP contribution in [0.5, 0.6) is 5.75 Å². The van der Waals surface area contributed by atoms with E-state index in [1.54, 1.807) is 11.8 Å². The molecule has 2 rings (SSSR count). The molecule has 0 saturated heterocycles. The number of nitrogens with zero attached hydrogens (tertiary/aromatic N) is 4. The molecule has 1 aromatic carbocycles. The molecule has 0 atom stereocenters. The topological polar surface area (TPSA) is 44.3 Å². The van der Waals surface area contributed by atoms with E-state index in [4.69, 9.17) is 11.3 Å². The van der Waals surface area contributed by atoms with Gasteiger partial charge in [-0.25, -0.2) is 6.57 Å². The summed E-state index contributed by atoms with van der Waals surface area (Å²) in [7, 11) is 1.60. The largest absolute Gasteiger partial charge is 0.497 e. The number of hydrogen-bond acceptors (Lipinski definition) is 3. The Kier molecular flexibility index (Phi) is 2.03. The second-order valence-electron chi connectivity index (χ2n) is 2.74. The molecular weight excluding hydrogens is 180 g/mol. The molecule has 0 aliphatic rings. The van der Waals surface area contributed by atoms with Crippen LogP contribution in [0.25, 0.3) is 15.9 Å². The molecular formula is C9H8N4O. The molecule has 2 aromatic rings. The molecule has 70 valence electrons. The van der Waals surface area contributed by atoms with Crippen molar-refractivity contribution in [2.24, 2.45) is 0 Å². The summed E-state index contributed by atoms with van der Waals surface area (Å²) in [6.07, 6.45) is 0. The van der Waals surface area contributed by atoms with Crippen molar-refractivity contribution in [3.8, 4) is 5.75 Å². The summed E-state index contributed by atoms with van der Waals surface area (Å²) in [5, 5.41) is 7.78. The molecule has 0 aliphatic carbocycles. The first-order chi connectivity index (χ1) is 6.85. The van der Waals surface area contributed by atoms with Gasteiger partial charge in [-0.05, 0) is 12.1 Å². The Bertz CT molecular complexity index is 497. The van der Waals surface area contributed by atoms with Crippen LogP contribution in [-0.2, 0) is 6.67 Å². The van der Waals surface area contributed by atoms with Crippen LogP contribution in [0.1, 0.15) is 0 Å². The number of benzene rings is 1. The normalized spacial score (nSPS) is 10.0. The first-order valence-electron chi connectivity index (χ1n) is 4.05. The molecule has 14 heavy (non-hydrogen) atoms. The quantitative estimate of drug-likeness (QED) is 0.667. The molecule has 1 heterocycles. The van der Waals surface area contributed by atoms with Crippen molar-refractivity contribution in [3.05, 3.63) is 29.6 Å². The maximum absolute atomic E-state index is 6.76. The highest BCUT2D eigenvalue weighted by molar-refractivity contribution is 5.76. The molecule has 5 nitrogen and oxygen atoms in total. The van der Waals surface area contributed by atoms with Crippen LogP contribution in [0.4, 0.5) is 0 Å². The van der Waals surface area contributed by atoms with Crippen molar-refractivity contribution in [2.45, 2.75) is 6.67 Å². The zero-order valence-electron chi connectivity index (χ0n) is 7.64. The number of rotatable bonds is 2. The van der Waals surface area contributed by atoms with Crippen LogP contribution in [0.3, 0.4) is 0 Å². The lowest BCUT2D eigenvalue weighted by Gasteiger charge is -1.98. The van der Waals surface area contributed by atoms with Gasteiger partial charge < -0.3 is 4.74 Å². The molecule has 0 amide bonds. The fraction of sp³-hybridized carbons (Fsp3) is 0.222. The molecule has 0 aliphatic heterocycles. The smallest absolute Gasteiger partial charge is 0.309 e. The van der Waals surface area contributed by atoms with E-state index in [0.29, 0.717) is 0 Å². The van der Waals surface area contributed by atoms with Gasteiger partial charge in [-0.2, -0.15) is 4.68 Å². The van der Waals surface area contributed by atoms with Gasteiger partial charge >= 0.3 is 6.67 Å². The Morgan fingerprint density at radius 1 is 1.57 bits per heavy atom. The maximum Gasteiger partial charge on any atom is 0.309 e. The highest BCUT2D eigenvalue weighted by Crippen LogP contribution is 2.18. The predicted molar refractivity (Wildman–Crippen MR) is 50.7 cm³/mol. The van der Waals surface area contributed by atoms with Crippen molar-refractivity contribution >= 4 is 11.0 Å². The monoisotopic (exact) mass is 188 g/mol. The second-order valence-corrected chi connectivity index (χ2v) is 2.74. The Labute approximate surface area is 80.7 Å². The van der Waals surface area contributed by atoms with Crippen molar-refractivity contribution in [1.29, 1.82) is 0 Å². The zero-order chi connectivity index (χ0) is 9.97. The van der Waals surface area contributed by atoms with Gasteiger partial charge in [0.15, 0.2) is 0 Å². The highest BCUT2D eigenvalue weighted by Gasteiger charge is 2.06. The fourth-order valence-corrected chi connectivity index (χ4v) is 1.24. The predicted octanol–water partition coefficient (Wildman–Crippen LogP) is 1.32. The van der Waals surface area contributed by atoms with Crippen LogP contribution >= 0.6 is 0 Å². The minimum Gasteiger partial charge on any atom is -0.497 e. The van der Waals surface area contributed by atoms with Crippen LogP contribution in [-0.4, -0.2) is 22.1 Å². The van der Waals surface area contributed by atoms with Crippen LogP contribution in [0, 0.1) is 6.57 Å². The number of methoxy groups -OCH3 is 1. The Balaban J connectivity index is 2.59. The van der Waals surface area contributed by atoms with Crippen LogP contribution < -0.4 is 4.74 Å². The van der Waals surface area contributed by atoms with Gasteiger partial charge in [-0.1, -0.05) is 5.21 Å². The van der Waals surface area contributed by atoms with Crippen molar-refractivity contribution in [2.75, 3.05) is 7.11 Å². The Morgan fingerprint density at radius 3 is 3.14 bits per heavy atom. The second kappa shape index (κ2) is 3.34. The van der Waals surface area contributed by atoms with Crippen molar-refractivity contribution in [1.82, 2.24) is 15.0 Å². The third-order valence-electron chi connectivity index (χ3n) is 1.93. The summed E-state index contributed by atoms with van der Waals surface area (Å²) in [6, 6.07) is 5.46. The summed E-state index contributed by atoms with van der Waals surface area (Å²) < 4.78 is 6.62. The minimum absolute atomic E-state index is 0.184. The van der Waals surface area contributed by atoms with Gasteiger partial charge in [0, 0.05) is 6.07 Å². The number of hydrogen-bond donors (Lipinski definition) is 0. The van der Waals surface area contributed by atoms with E-state index >= 15 is 0 Å². The lowest BCUT2D eigenvalue weighted by molar-refractivity contribution is 0.415. The van der Waals surface area contributed by atoms with Crippen molar-refractivity contribution in [3.63, 3.8) is 0 Å². The maximum atomic E-state index is 6.76. The van der Waals surface area contributed by atoms with E-state index in [9.17, 15) is 0 Å². The first-order valence-corrected chi connectivity index (χ1v) is 4.05. The first kappa shape index (κ1) is 8.51. The Morgan fingerprint density at radius 2 is 2.43 bits per heavy atom. The molecule has 0 saturated carbocycles. The van der Waals surface area contributed by atoms with E-state index in [0.717, 1.165) is 16.8 Å². The molecule has 0 spiro atoms. The zero-order valence-corrected chi connectivity index (χ0v) is 7.64. The third-order valence-corrected chi connectivity index (χ3v) is 1.93. The number of ether oxygens (including phenoxy) is 1. The van der Waals surface area contributed by atoms with Gasteiger partial charge in [-0.3, -0.25) is 4.85 Å². The average molecular weight is 188 g/mol. The average Bonchev–Trinajstić information content (AvgIpc) is 2.61. The summed E-state index contributed by atoms with van der Waals surface area (Å²) in [5.41, 5.74) is 1.59. The van der Waals surface area contributed by atoms with Gasteiger partial charge in [0.1, 0.15) is 16.8 Å². The van der Waals surface area contributed by atoms with Gasteiger partial charge in [-0.15, -0.1) is 5.10 Å². The van der Waals surface area contributed by atoms with Crippen LogP contribution in [0.2, 0.25) is 0 Å². The van der Waals surface area contributed by atoms with Crippen LogP contribution in [0.15, 0.2) is 18.2 Å². The van der Waals surface area contributed by atoms with E-state index in [-0.39, 0.29) is 6.67 Å². The number of fused-ring (bicyclic) bond motifs is 1. The summed E-state index contributed by atoms with van der Waals surface area (Å²) in [4.78, 5) is 3.25. The van der Waals surface area contributed by atoms with Gasteiger partial charge in [0.05, 0.1) is 7.11 Å². The molecule has 0 unspecified atom stereocenters. The summed E-state index contributed by atoms with van der Waals surface area (Å²) in [5.74, 6) is 0.742. The summed E-state index contributed by atoms with van der Waals surface area (Å²) >= 11 is 0. The molecule has 0 radical (unpaired) electrons. The molecule has 0 N–H and O–H groups in total. The van der Waals surface area contributed by atoms with Crippen molar-refractivity contribution < 1.29 is 4.74 Å². The number of aromatic nitrogens is 3. The van der Waals surface area contributed by atoms with E-state index in [1.165, 1.54) is 0 Å². The Hall–Kier alpha value is -2.09. The van der Waals surface area contributed by atoms with Gasteiger partial charge in [0.2, 0.25) is 0 Å². The minimum atomic E-state index is 0.184. The highest BCUT2D eigenvalue weighted by atomic mass is 16.5. The molecule has 5 heteroatoms. The molecule has 1 aromatic heterocycles. The fourth-order valence-electron chi connectivity index (χ4n) is 1.24. The third kappa shape index (κ3) is 1.27. The molecule has 0 bridgehead atoms. The standard InChI is InChI=1S/C9H8N4O/c1-10-6-13-9-5-7(14-2)3-4-8(9)11-12-13/h3-5H,6H2,2H3. The lowest BCUT2D eigenvalue weighted by Crippen LogP contribution is -1.96.